The van der Waals surface area contributed by atoms with Crippen molar-refractivity contribution in [3.8, 4) is 0 Å². The molecule has 2 fully saturated rings. The van der Waals surface area contributed by atoms with E-state index >= 15 is 0 Å². The molecule has 2 heteroatoms. The van der Waals surface area contributed by atoms with Gasteiger partial charge in [0.15, 0.2) is 0 Å². The highest BCUT2D eigenvalue weighted by Crippen LogP contribution is 2.45. The van der Waals surface area contributed by atoms with Crippen LogP contribution in [0.15, 0.2) is 12.2 Å². The Kier molecular flexibility index (Phi) is 2.42. The summed E-state index contributed by atoms with van der Waals surface area (Å²) in [5, 5.41) is 0. The quantitative estimate of drug-likeness (QED) is 0.615. The highest BCUT2D eigenvalue weighted by molar-refractivity contribution is 5.19. The van der Waals surface area contributed by atoms with Gasteiger partial charge in [-0.3, -0.25) is 4.90 Å². The predicted molar refractivity (Wildman–Crippen MR) is 57.0 cm³/mol. The van der Waals surface area contributed by atoms with Crippen LogP contribution in [0, 0.1) is 5.92 Å². The molecule has 0 radical (unpaired) electrons. The Morgan fingerprint density at radius 1 is 1.64 bits per heavy atom. The van der Waals surface area contributed by atoms with E-state index in [1.807, 2.05) is 0 Å². The van der Waals surface area contributed by atoms with Gasteiger partial charge in [0.2, 0.25) is 0 Å². The van der Waals surface area contributed by atoms with Crippen molar-refractivity contribution in [3.05, 3.63) is 12.2 Å². The minimum atomic E-state index is -0.609. The van der Waals surface area contributed by atoms with E-state index in [1.165, 1.54) is 5.57 Å². The Labute approximate surface area is 86.0 Å². The summed E-state index contributed by atoms with van der Waals surface area (Å²) in [5.41, 5.74) is 1.42. The van der Waals surface area contributed by atoms with E-state index < -0.39 is 6.17 Å². The molecule has 1 nitrogen and oxygen atoms in total. The highest BCUT2D eigenvalue weighted by Gasteiger charge is 2.49. The molecule has 80 valence electrons. The summed E-state index contributed by atoms with van der Waals surface area (Å²) in [6, 6.07) is 0. The zero-order valence-electron chi connectivity index (χ0n) is 9.22. The summed E-state index contributed by atoms with van der Waals surface area (Å²) in [7, 11) is 0. The monoisotopic (exact) mass is 197 g/mol. The van der Waals surface area contributed by atoms with Gasteiger partial charge < -0.3 is 0 Å². The first-order valence-electron chi connectivity index (χ1n) is 5.58. The Hall–Kier alpha value is -0.370. The molecule has 2 rings (SSSR count). The Balaban J connectivity index is 2.16. The van der Waals surface area contributed by atoms with Crippen molar-refractivity contribution in [1.82, 2.24) is 4.90 Å². The molecular weight excluding hydrogens is 177 g/mol. The van der Waals surface area contributed by atoms with E-state index in [-0.39, 0.29) is 5.54 Å². The van der Waals surface area contributed by atoms with E-state index in [4.69, 9.17) is 0 Å². The number of alkyl halides is 1. The lowest BCUT2D eigenvalue weighted by molar-refractivity contribution is 0.163. The molecule has 0 unspecified atom stereocenters. The van der Waals surface area contributed by atoms with E-state index in [0.29, 0.717) is 12.5 Å². The molecule has 0 spiro atoms. The lowest BCUT2D eigenvalue weighted by Gasteiger charge is -2.32. The first-order chi connectivity index (χ1) is 6.52. The largest absolute Gasteiger partial charge is 0.290 e. The van der Waals surface area contributed by atoms with Gasteiger partial charge in [0, 0.05) is 18.6 Å². The third-order valence-corrected chi connectivity index (χ3v) is 3.47. The first-order valence-corrected chi connectivity index (χ1v) is 5.58. The number of fused-ring (bicyclic) bond motifs is 1. The second kappa shape index (κ2) is 3.34. The average Bonchev–Trinajstić information content (AvgIpc) is 2.36. The average molecular weight is 197 g/mol. The van der Waals surface area contributed by atoms with E-state index in [2.05, 4.69) is 25.3 Å². The van der Waals surface area contributed by atoms with Crippen molar-refractivity contribution >= 4 is 0 Å². The predicted octanol–water partition coefficient (Wildman–Crippen LogP) is 2.78. The number of nitrogens with zero attached hydrogens (tertiary/aromatic N) is 1. The van der Waals surface area contributed by atoms with Crippen molar-refractivity contribution in [2.24, 2.45) is 5.92 Å². The standard InChI is InChI=1S/C12H20FN/c1-9(2)4-12-5-10(3)7-14(12)8-11(13)6-12/h9,11H,3-8H2,1-2H3/t11-,12-/m1/s1. The maximum absolute atomic E-state index is 13.4. The van der Waals surface area contributed by atoms with Crippen LogP contribution in [0.4, 0.5) is 4.39 Å². The van der Waals surface area contributed by atoms with Crippen LogP contribution in [0.25, 0.3) is 0 Å². The fourth-order valence-corrected chi connectivity index (χ4v) is 3.29. The van der Waals surface area contributed by atoms with Crippen LogP contribution in [-0.2, 0) is 0 Å². The molecular formula is C12H20FN. The maximum atomic E-state index is 13.4. The summed E-state index contributed by atoms with van der Waals surface area (Å²) in [6.45, 7) is 10.0. The number of rotatable bonds is 2. The molecule has 0 bridgehead atoms. The summed E-state index contributed by atoms with van der Waals surface area (Å²) in [5.74, 6) is 0.647. The molecule has 2 saturated heterocycles. The Morgan fingerprint density at radius 2 is 2.36 bits per heavy atom. The second-order valence-electron chi connectivity index (χ2n) is 5.43. The lowest BCUT2D eigenvalue weighted by Crippen LogP contribution is -2.39. The molecule has 0 aromatic rings. The Bertz CT molecular complexity index is 249. The third-order valence-electron chi connectivity index (χ3n) is 3.47. The summed E-state index contributed by atoms with van der Waals surface area (Å²) < 4.78 is 13.4. The second-order valence-corrected chi connectivity index (χ2v) is 5.43. The van der Waals surface area contributed by atoms with Gasteiger partial charge in [0.1, 0.15) is 6.17 Å². The normalized spacial score (nSPS) is 38.3. The molecule has 2 aliphatic rings. The van der Waals surface area contributed by atoms with Crippen LogP contribution in [0.2, 0.25) is 0 Å². The topological polar surface area (TPSA) is 3.24 Å². The number of halogens is 1. The molecule has 2 heterocycles. The molecule has 0 aliphatic carbocycles. The molecule has 0 aromatic heterocycles. The SMILES string of the molecule is C=C1CN2C[C@H](F)C[C@@]2(CC(C)C)C1. The van der Waals surface area contributed by atoms with Gasteiger partial charge in [-0.2, -0.15) is 0 Å². The van der Waals surface area contributed by atoms with E-state index in [0.717, 1.165) is 25.8 Å². The third kappa shape index (κ3) is 1.60. The molecule has 0 saturated carbocycles. The van der Waals surface area contributed by atoms with Crippen molar-refractivity contribution in [2.75, 3.05) is 13.1 Å². The molecule has 0 N–H and O–H groups in total. The molecule has 14 heavy (non-hydrogen) atoms. The van der Waals surface area contributed by atoms with Crippen LogP contribution in [0.3, 0.4) is 0 Å². The number of hydrogen-bond acceptors (Lipinski definition) is 1. The highest BCUT2D eigenvalue weighted by atomic mass is 19.1. The fourth-order valence-electron chi connectivity index (χ4n) is 3.29. The first kappa shape index (κ1) is 10.2. The molecule has 2 atom stereocenters. The van der Waals surface area contributed by atoms with Gasteiger partial charge in [-0.1, -0.05) is 26.0 Å². The van der Waals surface area contributed by atoms with Crippen LogP contribution in [0.1, 0.15) is 33.1 Å². The number of hydrogen-bond donors (Lipinski definition) is 0. The van der Waals surface area contributed by atoms with Crippen molar-refractivity contribution < 1.29 is 4.39 Å². The van der Waals surface area contributed by atoms with Crippen molar-refractivity contribution in [3.63, 3.8) is 0 Å². The smallest absolute Gasteiger partial charge is 0.115 e. The Morgan fingerprint density at radius 3 is 3.00 bits per heavy atom. The van der Waals surface area contributed by atoms with Gasteiger partial charge in [0.25, 0.3) is 0 Å². The maximum Gasteiger partial charge on any atom is 0.115 e. The van der Waals surface area contributed by atoms with Crippen LogP contribution in [-0.4, -0.2) is 29.7 Å². The molecule has 0 aromatic carbocycles. The van der Waals surface area contributed by atoms with Crippen molar-refractivity contribution in [2.45, 2.75) is 44.8 Å². The van der Waals surface area contributed by atoms with Gasteiger partial charge >= 0.3 is 0 Å². The summed E-state index contributed by atoms with van der Waals surface area (Å²) in [4.78, 5) is 2.32. The zero-order valence-corrected chi connectivity index (χ0v) is 9.22. The van der Waals surface area contributed by atoms with E-state index in [9.17, 15) is 4.39 Å². The minimum absolute atomic E-state index is 0.130. The van der Waals surface area contributed by atoms with Crippen molar-refractivity contribution in [1.29, 1.82) is 0 Å². The van der Waals surface area contributed by atoms with E-state index in [1.54, 1.807) is 0 Å². The lowest BCUT2D eigenvalue weighted by atomic mass is 9.84. The van der Waals surface area contributed by atoms with Crippen LogP contribution in [0.5, 0.6) is 0 Å². The van der Waals surface area contributed by atoms with Gasteiger partial charge in [0.05, 0.1) is 0 Å². The van der Waals surface area contributed by atoms with Gasteiger partial charge in [-0.25, -0.2) is 4.39 Å². The summed E-state index contributed by atoms with van der Waals surface area (Å²) in [6.07, 6.45) is 2.25. The summed E-state index contributed by atoms with van der Waals surface area (Å²) >= 11 is 0. The zero-order chi connectivity index (χ0) is 10.3. The minimum Gasteiger partial charge on any atom is -0.290 e. The van der Waals surface area contributed by atoms with Crippen LogP contribution < -0.4 is 0 Å². The van der Waals surface area contributed by atoms with Crippen LogP contribution >= 0.6 is 0 Å². The fraction of sp³-hybridized carbons (Fsp3) is 0.833. The molecule has 2 aliphatic heterocycles. The van der Waals surface area contributed by atoms with Gasteiger partial charge in [-0.15, -0.1) is 0 Å². The van der Waals surface area contributed by atoms with Gasteiger partial charge in [-0.05, 0) is 25.2 Å². The molecule has 0 amide bonds.